The van der Waals surface area contributed by atoms with Crippen LogP contribution in [0.15, 0.2) is 0 Å². The van der Waals surface area contributed by atoms with Crippen LogP contribution in [0.5, 0.6) is 0 Å². The molecule has 0 aromatic rings. The number of likely N-dealkylation sites (tertiary alicyclic amines) is 2. The number of carbonyl (C=O) groups is 2. The van der Waals surface area contributed by atoms with Crippen molar-refractivity contribution in [2.45, 2.75) is 52.1 Å². The van der Waals surface area contributed by atoms with Gasteiger partial charge in [0, 0.05) is 38.5 Å². The highest BCUT2D eigenvalue weighted by Gasteiger charge is 2.31. The highest BCUT2D eigenvalue weighted by atomic mass is 35.5. The number of hydrogen-bond donors (Lipinski definition) is 0. The van der Waals surface area contributed by atoms with Gasteiger partial charge in [0.05, 0.1) is 0 Å². The number of halogens is 1. The summed E-state index contributed by atoms with van der Waals surface area (Å²) in [6.07, 6.45) is 3.42. The zero-order valence-electron chi connectivity index (χ0n) is 14.5. The molecule has 0 radical (unpaired) electrons. The van der Waals surface area contributed by atoms with Crippen molar-refractivity contribution in [3.05, 3.63) is 0 Å². The first-order valence-electron chi connectivity index (χ1n) is 8.60. The van der Waals surface area contributed by atoms with Crippen LogP contribution in [0.25, 0.3) is 0 Å². The van der Waals surface area contributed by atoms with Gasteiger partial charge in [0.1, 0.15) is 5.60 Å². The fraction of sp³-hybridized carbons (Fsp3) is 0.882. The van der Waals surface area contributed by atoms with Crippen molar-refractivity contribution in [3.63, 3.8) is 0 Å². The maximum absolute atomic E-state index is 12.2. The molecule has 2 fully saturated rings. The van der Waals surface area contributed by atoms with Gasteiger partial charge in [0.25, 0.3) is 0 Å². The molecular formula is C17H29ClN2O3. The second-order valence-electron chi connectivity index (χ2n) is 7.79. The number of nitrogens with zero attached hydrogens (tertiary/aromatic N) is 2. The number of piperidine rings is 1. The van der Waals surface area contributed by atoms with Crippen molar-refractivity contribution in [3.8, 4) is 0 Å². The summed E-state index contributed by atoms with van der Waals surface area (Å²) in [6.45, 7) is 8.72. The minimum Gasteiger partial charge on any atom is -0.444 e. The van der Waals surface area contributed by atoms with Gasteiger partial charge >= 0.3 is 6.09 Å². The zero-order chi connectivity index (χ0) is 17.0. The van der Waals surface area contributed by atoms with E-state index in [0.29, 0.717) is 24.1 Å². The van der Waals surface area contributed by atoms with Crippen LogP contribution in [0.1, 0.15) is 46.5 Å². The summed E-state index contributed by atoms with van der Waals surface area (Å²) in [7, 11) is 0. The van der Waals surface area contributed by atoms with E-state index in [9.17, 15) is 9.59 Å². The maximum atomic E-state index is 12.2. The number of alkyl halides is 1. The standard InChI is InChI=1S/C17H29ClN2O3/c1-17(2,3)23-16(22)20-7-4-5-13(11-20)6-8-19-12-14(10-18)9-15(19)21/h13-14H,4-12H2,1-3H3. The normalized spacial score (nSPS) is 25.8. The van der Waals surface area contributed by atoms with Gasteiger partial charge in [-0.15, -0.1) is 11.6 Å². The molecule has 2 atom stereocenters. The summed E-state index contributed by atoms with van der Waals surface area (Å²) in [4.78, 5) is 27.8. The van der Waals surface area contributed by atoms with E-state index < -0.39 is 5.60 Å². The molecule has 2 heterocycles. The van der Waals surface area contributed by atoms with Gasteiger partial charge in [-0.2, -0.15) is 0 Å². The van der Waals surface area contributed by atoms with Crippen LogP contribution < -0.4 is 0 Å². The van der Waals surface area contributed by atoms with Crippen molar-refractivity contribution in [2.75, 3.05) is 32.1 Å². The first-order valence-corrected chi connectivity index (χ1v) is 9.13. The first kappa shape index (κ1) is 18.4. The molecule has 2 unspecified atom stereocenters. The van der Waals surface area contributed by atoms with Gasteiger partial charge < -0.3 is 14.5 Å². The Kier molecular flexibility index (Phi) is 6.18. The van der Waals surface area contributed by atoms with Gasteiger partial charge in [0.2, 0.25) is 5.91 Å². The fourth-order valence-corrected chi connectivity index (χ4v) is 3.51. The second-order valence-corrected chi connectivity index (χ2v) is 8.10. The minimum absolute atomic E-state index is 0.218. The average molecular weight is 345 g/mol. The van der Waals surface area contributed by atoms with Gasteiger partial charge in [-0.3, -0.25) is 4.79 Å². The van der Waals surface area contributed by atoms with E-state index in [-0.39, 0.29) is 12.0 Å². The summed E-state index contributed by atoms with van der Waals surface area (Å²) in [6, 6.07) is 0. The lowest BCUT2D eigenvalue weighted by molar-refractivity contribution is -0.127. The second kappa shape index (κ2) is 7.73. The van der Waals surface area contributed by atoms with Crippen molar-refractivity contribution in [2.24, 2.45) is 11.8 Å². The Bertz CT molecular complexity index is 436. The van der Waals surface area contributed by atoms with Crippen LogP contribution in [0.3, 0.4) is 0 Å². The molecule has 2 amide bonds. The van der Waals surface area contributed by atoms with E-state index in [1.54, 1.807) is 0 Å². The highest BCUT2D eigenvalue weighted by molar-refractivity contribution is 6.18. The third-order valence-electron chi connectivity index (χ3n) is 4.49. The van der Waals surface area contributed by atoms with Crippen LogP contribution in [0, 0.1) is 11.8 Å². The van der Waals surface area contributed by atoms with E-state index in [4.69, 9.17) is 16.3 Å². The van der Waals surface area contributed by atoms with E-state index in [1.165, 1.54) is 0 Å². The fourth-order valence-electron chi connectivity index (χ4n) is 3.30. The molecule has 6 heteroatoms. The molecule has 0 spiro atoms. The third kappa shape index (κ3) is 5.55. The molecule has 0 aliphatic carbocycles. The Morgan fingerprint density at radius 2 is 2.04 bits per heavy atom. The Hall–Kier alpha value is -0.970. The molecule has 0 saturated carbocycles. The lowest BCUT2D eigenvalue weighted by atomic mass is 9.95. The molecule has 132 valence electrons. The average Bonchev–Trinajstić information content (AvgIpc) is 2.84. The lowest BCUT2D eigenvalue weighted by Crippen LogP contribution is -2.43. The molecule has 2 aliphatic rings. The molecule has 0 aromatic carbocycles. The quantitative estimate of drug-likeness (QED) is 0.736. The Balaban J connectivity index is 1.78. The molecule has 0 bridgehead atoms. The zero-order valence-corrected chi connectivity index (χ0v) is 15.3. The van der Waals surface area contributed by atoms with Gasteiger partial charge in [-0.25, -0.2) is 4.79 Å². The summed E-state index contributed by atoms with van der Waals surface area (Å²) >= 11 is 5.86. The third-order valence-corrected chi connectivity index (χ3v) is 4.93. The van der Waals surface area contributed by atoms with E-state index in [0.717, 1.165) is 45.4 Å². The van der Waals surface area contributed by atoms with E-state index in [1.807, 2.05) is 30.6 Å². The number of rotatable bonds is 4. The van der Waals surface area contributed by atoms with Crippen LogP contribution in [-0.4, -0.2) is 59.5 Å². The summed E-state index contributed by atoms with van der Waals surface area (Å²) < 4.78 is 5.46. The van der Waals surface area contributed by atoms with Crippen LogP contribution in [-0.2, 0) is 9.53 Å². The summed E-state index contributed by atoms with van der Waals surface area (Å²) in [5, 5.41) is 0. The summed E-state index contributed by atoms with van der Waals surface area (Å²) in [5.41, 5.74) is -0.456. The van der Waals surface area contributed by atoms with Crippen molar-refractivity contribution >= 4 is 23.6 Å². The van der Waals surface area contributed by atoms with E-state index in [2.05, 4.69) is 0 Å². The molecule has 0 aromatic heterocycles. The van der Waals surface area contributed by atoms with Gasteiger partial charge in [-0.05, 0) is 51.9 Å². The molecule has 23 heavy (non-hydrogen) atoms. The van der Waals surface area contributed by atoms with Crippen molar-refractivity contribution in [1.82, 2.24) is 9.80 Å². The van der Waals surface area contributed by atoms with Crippen molar-refractivity contribution in [1.29, 1.82) is 0 Å². The number of amides is 2. The Morgan fingerprint density at radius 3 is 2.65 bits per heavy atom. The van der Waals surface area contributed by atoms with Crippen molar-refractivity contribution < 1.29 is 14.3 Å². The number of ether oxygens (including phenoxy) is 1. The molecule has 2 aliphatic heterocycles. The smallest absolute Gasteiger partial charge is 0.410 e. The topological polar surface area (TPSA) is 49.9 Å². The SMILES string of the molecule is CC(C)(C)OC(=O)N1CCCC(CCN2CC(CCl)CC2=O)C1. The predicted octanol–water partition coefficient (Wildman–Crippen LogP) is 3.11. The predicted molar refractivity (Wildman–Crippen MR) is 90.6 cm³/mol. The van der Waals surface area contributed by atoms with E-state index >= 15 is 0 Å². The molecule has 2 rings (SSSR count). The number of hydrogen-bond acceptors (Lipinski definition) is 3. The Labute approximate surface area is 144 Å². The highest BCUT2D eigenvalue weighted by Crippen LogP contribution is 2.24. The largest absolute Gasteiger partial charge is 0.444 e. The summed E-state index contributed by atoms with van der Waals surface area (Å²) in [5.74, 6) is 1.52. The number of carbonyl (C=O) groups excluding carboxylic acids is 2. The monoisotopic (exact) mass is 344 g/mol. The molecular weight excluding hydrogens is 316 g/mol. The Morgan fingerprint density at radius 1 is 1.30 bits per heavy atom. The molecule has 2 saturated heterocycles. The van der Waals surface area contributed by atoms with Gasteiger partial charge in [0.15, 0.2) is 0 Å². The van der Waals surface area contributed by atoms with Crippen LogP contribution >= 0.6 is 11.6 Å². The minimum atomic E-state index is -0.456. The van der Waals surface area contributed by atoms with Crippen LogP contribution in [0.2, 0.25) is 0 Å². The van der Waals surface area contributed by atoms with Crippen LogP contribution in [0.4, 0.5) is 4.79 Å². The molecule has 5 nitrogen and oxygen atoms in total. The maximum Gasteiger partial charge on any atom is 0.410 e. The first-order chi connectivity index (χ1) is 10.8. The molecule has 0 N–H and O–H groups in total. The lowest BCUT2D eigenvalue weighted by Gasteiger charge is -2.34. The van der Waals surface area contributed by atoms with Gasteiger partial charge in [-0.1, -0.05) is 0 Å².